The van der Waals surface area contributed by atoms with Gasteiger partial charge in [-0.3, -0.25) is 0 Å². The minimum absolute atomic E-state index is 0.0277. The van der Waals surface area contributed by atoms with E-state index in [-0.39, 0.29) is 6.10 Å². The maximum Gasteiger partial charge on any atom is 0.110 e. The first-order valence-corrected chi connectivity index (χ1v) is 6.99. The molecule has 0 spiro atoms. The third-order valence-corrected chi connectivity index (χ3v) is 3.54. The summed E-state index contributed by atoms with van der Waals surface area (Å²) in [6.45, 7) is 7.13. The van der Waals surface area contributed by atoms with Crippen LogP contribution < -0.4 is 0 Å². The molecule has 0 N–H and O–H groups in total. The zero-order valence-corrected chi connectivity index (χ0v) is 11.6. The summed E-state index contributed by atoms with van der Waals surface area (Å²) in [5.41, 5.74) is 5.35. The van der Waals surface area contributed by atoms with E-state index in [0.717, 1.165) is 24.8 Å². The predicted molar refractivity (Wildman–Crippen MR) is 76.9 cm³/mol. The number of ether oxygens (including phenoxy) is 2. The third-order valence-electron chi connectivity index (χ3n) is 3.54. The number of benzene rings is 1. The molecule has 2 atom stereocenters. The van der Waals surface area contributed by atoms with E-state index in [4.69, 9.17) is 9.47 Å². The van der Waals surface area contributed by atoms with Crippen molar-refractivity contribution in [2.45, 2.75) is 45.0 Å². The Balaban J connectivity index is 1.84. The van der Waals surface area contributed by atoms with Crippen LogP contribution >= 0.6 is 0 Å². The predicted octanol–water partition coefficient (Wildman–Crippen LogP) is 3.87. The topological polar surface area (TPSA) is 18.5 Å². The standard InChI is InChI=1S/C17H22O2/c1-3-15-10-11-16(4-2)19-17(15)13-18-12-14-8-6-5-7-9-14/h5-9,16-17H,1,4,10-13H2,2H3/t16-,17+/m0/s1. The molecule has 0 saturated carbocycles. The summed E-state index contributed by atoms with van der Waals surface area (Å²) in [5, 5.41) is 0. The van der Waals surface area contributed by atoms with Crippen LogP contribution in [-0.2, 0) is 16.1 Å². The highest BCUT2D eigenvalue weighted by molar-refractivity contribution is 5.14. The van der Waals surface area contributed by atoms with Gasteiger partial charge in [0.05, 0.1) is 19.3 Å². The molecule has 2 nitrogen and oxygen atoms in total. The Labute approximate surface area is 115 Å². The van der Waals surface area contributed by atoms with E-state index >= 15 is 0 Å². The molecule has 1 aliphatic heterocycles. The van der Waals surface area contributed by atoms with Crippen LogP contribution in [-0.4, -0.2) is 18.8 Å². The summed E-state index contributed by atoms with van der Waals surface area (Å²) < 4.78 is 11.8. The molecule has 0 bridgehead atoms. The normalized spacial score (nSPS) is 23.1. The second-order valence-corrected chi connectivity index (χ2v) is 4.90. The van der Waals surface area contributed by atoms with Crippen molar-refractivity contribution in [3.8, 4) is 0 Å². The van der Waals surface area contributed by atoms with E-state index in [0.29, 0.717) is 19.3 Å². The fourth-order valence-electron chi connectivity index (χ4n) is 2.36. The Morgan fingerprint density at radius 3 is 2.84 bits per heavy atom. The zero-order valence-electron chi connectivity index (χ0n) is 11.6. The second kappa shape index (κ2) is 7.30. The monoisotopic (exact) mass is 258 g/mol. The number of hydrogen-bond acceptors (Lipinski definition) is 2. The van der Waals surface area contributed by atoms with Gasteiger partial charge in [0.2, 0.25) is 0 Å². The molecule has 1 saturated heterocycles. The van der Waals surface area contributed by atoms with Crippen LogP contribution in [0.3, 0.4) is 0 Å². The first-order valence-electron chi connectivity index (χ1n) is 6.99. The molecule has 0 unspecified atom stereocenters. The van der Waals surface area contributed by atoms with Crippen LogP contribution in [0.25, 0.3) is 0 Å². The maximum absolute atomic E-state index is 6.01. The first-order chi connectivity index (χ1) is 9.33. The minimum atomic E-state index is 0.0277. The molecule has 0 aromatic heterocycles. The van der Waals surface area contributed by atoms with Crippen LogP contribution in [0.4, 0.5) is 0 Å². The van der Waals surface area contributed by atoms with E-state index in [1.54, 1.807) is 0 Å². The Morgan fingerprint density at radius 1 is 1.37 bits per heavy atom. The lowest BCUT2D eigenvalue weighted by molar-refractivity contribution is -0.0631. The van der Waals surface area contributed by atoms with Gasteiger partial charge in [0.25, 0.3) is 0 Å². The Morgan fingerprint density at radius 2 is 2.16 bits per heavy atom. The van der Waals surface area contributed by atoms with Gasteiger partial charge in [-0.25, -0.2) is 0 Å². The molecule has 2 rings (SSSR count). The van der Waals surface area contributed by atoms with E-state index < -0.39 is 0 Å². The summed E-state index contributed by atoms with van der Waals surface area (Å²) in [6.07, 6.45) is 3.53. The summed E-state index contributed by atoms with van der Waals surface area (Å²) >= 11 is 0. The molecule has 1 heterocycles. The molecule has 0 aliphatic carbocycles. The Kier molecular flexibility index (Phi) is 5.41. The Bertz CT molecular complexity index is 432. The van der Waals surface area contributed by atoms with Gasteiger partial charge in [-0.2, -0.15) is 0 Å². The highest BCUT2D eigenvalue weighted by atomic mass is 16.5. The quantitative estimate of drug-likeness (QED) is 0.746. The van der Waals surface area contributed by atoms with Gasteiger partial charge in [0.15, 0.2) is 0 Å². The summed E-state index contributed by atoms with van der Waals surface area (Å²) in [6, 6.07) is 10.2. The van der Waals surface area contributed by atoms with Gasteiger partial charge >= 0.3 is 0 Å². The Hall–Kier alpha value is -1.34. The molecule has 1 aromatic rings. The SMILES string of the molecule is C=C=C1CC[C@H](CC)O[C@@H]1COCc1ccccc1. The third kappa shape index (κ3) is 4.07. The summed E-state index contributed by atoms with van der Waals surface area (Å²) in [7, 11) is 0. The molecule has 0 radical (unpaired) electrons. The molecule has 1 aromatic carbocycles. The van der Waals surface area contributed by atoms with Crippen LogP contribution in [0.5, 0.6) is 0 Å². The van der Waals surface area contributed by atoms with E-state index in [1.165, 1.54) is 5.56 Å². The first kappa shape index (κ1) is 14.1. The van der Waals surface area contributed by atoms with Gasteiger partial charge < -0.3 is 9.47 Å². The van der Waals surface area contributed by atoms with E-state index in [2.05, 4.69) is 31.4 Å². The molecular weight excluding hydrogens is 236 g/mol. The molecule has 2 heteroatoms. The van der Waals surface area contributed by atoms with E-state index in [9.17, 15) is 0 Å². The molecule has 0 amide bonds. The smallest absolute Gasteiger partial charge is 0.110 e. The highest BCUT2D eigenvalue weighted by Gasteiger charge is 2.25. The fraction of sp³-hybridized carbons (Fsp3) is 0.471. The molecule has 102 valence electrons. The lowest BCUT2D eigenvalue weighted by atomic mass is 9.98. The number of hydrogen-bond donors (Lipinski definition) is 0. The lowest BCUT2D eigenvalue weighted by Gasteiger charge is -2.30. The lowest BCUT2D eigenvalue weighted by Crippen LogP contribution is -2.32. The van der Waals surface area contributed by atoms with Crippen LogP contribution in [0.2, 0.25) is 0 Å². The van der Waals surface area contributed by atoms with Crippen molar-refractivity contribution in [3.63, 3.8) is 0 Å². The van der Waals surface area contributed by atoms with Crippen molar-refractivity contribution in [1.29, 1.82) is 0 Å². The van der Waals surface area contributed by atoms with Crippen molar-refractivity contribution < 1.29 is 9.47 Å². The molecule has 1 fully saturated rings. The van der Waals surface area contributed by atoms with Crippen LogP contribution in [0, 0.1) is 0 Å². The minimum Gasteiger partial charge on any atom is -0.374 e. The van der Waals surface area contributed by atoms with Gasteiger partial charge in [-0.1, -0.05) is 43.8 Å². The summed E-state index contributed by atoms with van der Waals surface area (Å²) in [4.78, 5) is 0. The average molecular weight is 258 g/mol. The average Bonchev–Trinajstić information content (AvgIpc) is 2.48. The van der Waals surface area contributed by atoms with E-state index in [1.807, 2.05) is 18.2 Å². The van der Waals surface area contributed by atoms with Crippen LogP contribution in [0.1, 0.15) is 31.7 Å². The van der Waals surface area contributed by atoms with Crippen molar-refractivity contribution in [1.82, 2.24) is 0 Å². The van der Waals surface area contributed by atoms with Gasteiger partial charge in [-0.05, 0) is 24.8 Å². The van der Waals surface area contributed by atoms with Crippen molar-refractivity contribution in [2.75, 3.05) is 6.61 Å². The van der Waals surface area contributed by atoms with Crippen LogP contribution in [0.15, 0.2) is 48.2 Å². The van der Waals surface area contributed by atoms with Gasteiger partial charge in [0.1, 0.15) is 6.10 Å². The zero-order chi connectivity index (χ0) is 13.5. The highest BCUT2D eigenvalue weighted by Crippen LogP contribution is 2.25. The molecular formula is C17H22O2. The van der Waals surface area contributed by atoms with Crippen molar-refractivity contribution in [3.05, 3.63) is 53.8 Å². The largest absolute Gasteiger partial charge is 0.374 e. The molecule has 19 heavy (non-hydrogen) atoms. The maximum atomic E-state index is 6.01. The number of rotatable bonds is 5. The van der Waals surface area contributed by atoms with Crippen molar-refractivity contribution >= 4 is 0 Å². The van der Waals surface area contributed by atoms with Gasteiger partial charge in [0, 0.05) is 5.57 Å². The summed E-state index contributed by atoms with van der Waals surface area (Å²) in [5.74, 6) is 0. The second-order valence-electron chi connectivity index (χ2n) is 4.90. The van der Waals surface area contributed by atoms with Crippen molar-refractivity contribution in [2.24, 2.45) is 0 Å². The van der Waals surface area contributed by atoms with Gasteiger partial charge in [-0.15, -0.1) is 5.73 Å². The molecule has 1 aliphatic rings. The fourth-order valence-corrected chi connectivity index (χ4v) is 2.36.